The standard InChI is InChI=1S/C19H16N4O3S2/c1-26-16-7-12(4-5-20-16)8-21-15(24)9-23-11-22-18-17(19(23)25)13(10-28-18)14-3-2-6-27-14/h2-7,10-11H,8-9H2,1H3,(H,21,24). The van der Waals surface area contributed by atoms with Crippen LogP contribution in [0, 0.1) is 0 Å². The van der Waals surface area contributed by atoms with E-state index in [0.717, 1.165) is 16.0 Å². The number of methoxy groups -OCH3 is 1. The maximum absolute atomic E-state index is 12.9. The van der Waals surface area contributed by atoms with E-state index in [1.165, 1.54) is 29.3 Å². The third-order valence-electron chi connectivity index (χ3n) is 4.16. The Morgan fingerprint density at radius 2 is 2.18 bits per heavy atom. The normalized spacial score (nSPS) is 10.9. The highest BCUT2D eigenvalue weighted by Gasteiger charge is 2.15. The van der Waals surface area contributed by atoms with Crippen molar-refractivity contribution in [3.8, 4) is 16.3 Å². The molecule has 0 atom stereocenters. The second-order valence-corrected chi connectivity index (χ2v) is 7.77. The van der Waals surface area contributed by atoms with Gasteiger partial charge >= 0.3 is 0 Å². The minimum atomic E-state index is -0.271. The van der Waals surface area contributed by atoms with Crippen LogP contribution in [-0.2, 0) is 17.9 Å². The Hall–Kier alpha value is -3.04. The minimum Gasteiger partial charge on any atom is -0.481 e. The quantitative estimate of drug-likeness (QED) is 0.526. The van der Waals surface area contributed by atoms with Crippen LogP contribution in [0.15, 0.2) is 52.3 Å². The molecular formula is C19H16N4O3S2. The van der Waals surface area contributed by atoms with Crippen molar-refractivity contribution in [2.75, 3.05) is 7.11 Å². The van der Waals surface area contributed by atoms with E-state index in [9.17, 15) is 9.59 Å². The highest BCUT2D eigenvalue weighted by Crippen LogP contribution is 2.33. The summed E-state index contributed by atoms with van der Waals surface area (Å²) in [6.07, 6.45) is 3.04. The van der Waals surface area contributed by atoms with Gasteiger partial charge in [-0.1, -0.05) is 6.07 Å². The van der Waals surface area contributed by atoms with E-state index < -0.39 is 0 Å². The van der Waals surface area contributed by atoms with Crippen molar-refractivity contribution in [2.24, 2.45) is 0 Å². The van der Waals surface area contributed by atoms with Gasteiger partial charge in [0, 0.05) is 34.6 Å². The van der Waals surface area contributed by atoms with Crippen LogP contribution in [-0.4, -0.2) is 27.6 Å². The molecule has 1 N–H and O–H groups in total. The van der Waals surface area contributed by atoms with E-state index in [0.29, 0.717) is 22.6 Å². The van der Waals surface area contributed by atoms with Gasteiger partial charge in [0.1, 0.15) is 11.4 Å². The average Bonchev–Trinajstić information content (AvgIpc) is 3.38. The number of hydrogen-bond donors (Lipinski definition) is 1. The van der Waals surface area contributed by atoms with Crippen molar-refractivity contribution >= 4 is 38.8 Å². The molecule has 0 aromatic carbocycles. The van der Waals surface area contributed by atoms with Gasteiger partial charge in [0.15, 0.2) is 0 Å². The number of aromatic nitrogens is 3. The van der Waals surface area contributed by atoms with E-state index in [-0.39, 0.29) is 18.0 Å². The van der Waals surface area contributed by atoms with Gasteiger partial charge < -0.3 is 10.1 Å². The Morgan fingerprint density at radius 3 is 2.96 bits per heavy atom. The molecule has 0 saturated heterocycles. The van der Waals surface area contributed by atoms with E-state index >= 15 is 0 Å². The van der Waals surface area contributed by atoms with Crippen LogP contribution >= 0.6 is 22.7 Å². The minimum absolute atomic E-state index is 0.0935. The van der Waals surface area contributed by atoms with Gasteiger partial charge in [-0.3, -0.25) is 14.2 Å². The van der Waals surface area contributed by atoms with Gasteiger partial charge in [-0.25, -0.2) is 9.97 Å². The predicted octanol–water partition coefficient (Wildman–Crippen LogP) is 2.91. The molecule has 0 unspecified atom stereocenters. The molecule has 7 nitrogen and oxygen atoms in total. The van der Waals surface area contributed by atoms with E-state index in [1.807, 2.05) is 22.9 Å². The maximum atomic E-state index is 12.9. The van der Waals surface area contributed by atoms with Crippen LogP contribution in [0.3, 0.4) is 0 Å². The lowest BCUT2D eigenvalue weighted by Crippen LogP contribution is -2.32. The lowest BCUT2D eigenvalue weighted by Gasteiger charge is -2.08. The molecule has 4 heterocycles. The third kappa shape index (κ3) is 3.67. The summed E-state index contributed by atoms with van der Waals surface area (Å²) in [6, 6.07) is 7.46. The van der Waals surface area contributed by atoms with E-state index in [1.54, 1.807) is 29.7 Å². The van der Waals surface area contributed by atoms with Crippen LogP contribution in [0.2, 0.25) is 0 Å². The van der Waals surface area contributed by atoms with Crippen molar-refractivity contribution < 1.29 is 9.53 Å². The SMILES string of the molecule is COc1cc(CNC(=O)Cn2cnc3scc(-c4cccs4)c3c2=O)ccn1. The molecule has 0 spiro atoms. The first-order chi connectivity index (χ1) is 13.7. The van der Waals surface area contributed by atoms with Crippen molar-refractivity contribution in [1.29, 1.82) is 0 Å². The lowest BCUT2D eigenvalue weighted by molar-refractivity contribution is -0.121. The zero-order valence-corrected chi connectivity index (χ0v) is 16.5. The van der Waals surface area contributed by atoms with Crippen LogP contribution in [0.1, 0.15) is 5.56 Å². The number of hydrogen-bond acceptors (Lipinski definition) is 7. The fourth-order valence-corrected chi connectivity index (χ4v) is 4.50. The summed E-state index contributed by atoms with van der Waals surface area (Å²) in [5.74, 6) is 0.211. The van der Waals surface area contributed by atoms with Gasteiger partial charge in [0.25, 0.3) is 5.56 Å². The fraction of sp³-hybridized carbons (Fsp3) is 0.158. The molecule has 0 aliphatic carbocycles. The van der Waals surface area contributed by atoms with Gasteiger partial charge in [-0.2, -0.15) is 0 Å². The van der Waals surface area contributed by atoms with Crippen molar-refractivity contribution in [3.05, 3.63) is 63.5 Å². The summed E-state index contributed by atoms with van der Waals surface area (Å²) in [4.78, 5) is 35.3. The Bertz CT molecular complexity index is 1180. The molecule has 0 bridgehead atoms. The number of thiophene rings is 2. The Kier molecular flexibility index (Phi) is 5.18. The smallest absolute Gasteiger partial charge is 0.263 e. The first kappa shape index (κ1) is 18.3. The molecule has 28 heavy (non-hydrogen) atoms. The number of pyridine rings is 1. The molecule has 9 heteroatoms. The third-order valence-corrected chi connectivity index (χ3v) is 5.95. The highest BCUT2D eigenvalue weighted by atomic mass is 32.1. The van der Waals surface area contributed by atoms with Gasteiger partial charge in [-0.15, -0.1) is 22.7 Å². The van der Waals surface area contributed by atoms with Crippen molar-refractivity contribution in [2.45, 2.75) is 13.1 Å². The van der Waals surface area contributed by atoms with E-state index in [2.05, 4.69) is 15.3 Å². The Balaban J connectivity index is 1.53. The molecule has 4 rings (SSSR count). The van der Waals surface area contributed by atoms with Crippen LogP contribution < -0.4 is 15.6 Å². The number of carbonyl (C=O) groups is 1. The van der Waals surface area contributed by atoms with Crippen LogP contribution in [0.25, 0.3) is 20.7 Å². The second kappa shape index (κ2) is 7.91. The number of nitrogens with zero attached hydrogens (tertiary/aromatic N) is 3. The number of fused-ring (bicyclic) bond motifs is 1. The van der Waals surface area contributed by atoms with Crippen LogP contribution in [0.4, 0.5) is 0 Å². The maximum Gasteiger partial charge on any atom is 0.263 e. The second-order valence-electron chi connectivity index (χ2n) is 5.97. The molecule has 0 saturated carbocycles. The number of carbonyl (C=O) groups excluding carboxylic acids is 1. The number of rotatable bonds is 6. The van der Waals surface area contributed by atoms with Gasteiger partial charge in [-0.05, 0) is 23.1 Å². The fourth-order valence-electron chi connectivity index (χ4n) is 2.78. The molecule has 0 aliphatic rings. The summed E-state index contributed by atoms with van der Waals surface area (Å²) in [6.45, 7) is 0.227. The molecule has 1 amide bonds. The highest BCUT2D eigenvalue weighted by molar-refractivity contribution is 7.18. The lowest BCUT2D eigenvalue weighted by atomic mass is 10.2. The summed E-state index contributed by atoms with van der Waals surface area (Å²) < 4.78 is 6.41. The zero-order valence-electron chi connectivity index (χ0n) is 14.9. The molecular weight excluding hydrogens is 396 g/mol. The summed E-state index contributed by atoms with van der Waals surface area (Å²) in [5.41, 5.74) is 1.51. The van der Waals surface area contributed by atoms with Gasteiger partial charge in [0.2, 0.25) is 11.8 Å². The molecule has 4 aromatic rings. The first-order valence-electron chi connectivity index (χ1n) is 8.42. The predicted molar refractivity (Wildman–Crippen MR) is 110 cm³/mol. The summed E-state index contributed by atoms with van der Waals surface area (Å²) in [5, 5.41) is 7.27. The van der Waals surface area contributed by atoms with E-state index in [4.69, 9.17) is 4.74 Å². The zero-order chi connectivity index (χ0) is 19.5. The first-order valence-corrected chi connectivity index (χ1v) is 10.2. The largest absolute Gasteiger partial charge is 0.481 e. The summed E-state index contributed by atoms with van der Waals surface area (Å²) in [7, 11) is 1.54. The molecule has 0 fully saturated rings. The molecule has 142 valence electrons. The number of nitrogens with one attached hydrogen (secondary N) is 1. The number of amides is 1. The monoisotopic (exact) mass is 412 g/mol. The summed E-state index contributed by atoms with van der Waals surface area (Å²) >= 11 is 3.00. The van der Waals surface area contributed by atoms with Crippen LogP contribution in [0.5, 0.6) is 5.88 Å². The van der Waals surface area contributed by atoms with Crippen molar-refractivity contribution in [3.63, 3.8) is 0 Å². The van der Waals surface area contributed by atoms with Gasteiger partial charge in [0.05, 0.1) is 18.8 Å². The topological polar surface area (TPSA) is 86.1 Å². The van der Waals surface area contributed by atoms with Crippen molar-refractivity contribution in [1.82, 2.24) is 19.9 Å². The Labute approximate surface area is 168 Å². The molecule has 0 aliphatic heterocycles. The Morgan fingerprint density at radius 1 is 1.29 bits per heavy atom. The molecule has 0 radical (unpaired) electrons. The number of ether oxygens (including phenoxy) is 1. The molecule has 4 aromatic heterocycles. The average molecular weight is 412 g/mol.